The summed E-state index contributed by atoms with van der Waals surface area (Å²) in [6, 6.07) is 21.9. The first-order chi connectivity index (χ1) is 18.3. The summed E-state index contributed by atoms with van der Waals surface area (Å²) in [5, 5.41) is 2.70. The first-order valence-corrected chi connectivity index (χ1v) is 13.2. The van der Waals surface area contributed by atoms with Gasteiger partial charge in [0, 0.05) is 11.3 Å². The highest BCUT2D eigenvalue weighted by atomic mass is 32.2. The summed E-state index contributed by atoms with van der Waals surface area (Å²) in [4.78, 5) is 28.4. The molecule has 10 heteroatoms. The number of hydrogen-bond acceptors (Lipinski definition) is 5. The molecule has 0 fully saturated rings. The second kappa shape index (κ2) is 11.8. The molecule has 1 aromatic heterocycles. The number of carbonyl (C=O) groups excluding carboxylic acids is 2. The molecule has 0 spiro atoms. The number of nitrogens with zero attached hydrogens (tertiary/aromatic N) is 1. The van der Waals surface area contributed by atoms with E-state index in [1.807, 2.05) is 0 Å². The third-order valence-electron chi connectivity index (χ3n) is 5.83. The second-order valence-corrected chi connectivity index (χ2v) is 10.2. The van der Waals surface area contributed by atoms with E-state index in [-0.39, 0.29) is 17.0 Å². The maximum absolute atomic E-state index is 15.1. The van der Waals surface area contributed by atoms with Gasteiger partial charge < -0.3 is 9.73 Å². The van der Waals surface area contributed by atoms with Crippen LogP contribution >= 0.6 is 0 Å². The lowest BCUT2D eigenvalue weighted by Gasteiger charge is -2.32. The van der Waals surface area contributed by atoms with Gasteiger partial charge in [0.05, 0.1) is 24.2 Å². The minimum atomic E-state index is -4.02. The van der Waals surface area contributed by atoms with E-state index in [9.17, 15) is 18.0 Å². The Morgan fingerprint density at radius 1 is 0.921 bits per heavy atom. The predicted octanol–water partition coefficient (Wildman–Crippen LogP) is 4.10. The Bertz CT molecular complexity index is 1510. The van der Waals surface area contributed by atoms with Gasteiger partial charge in [0.15, 0.2) is 0 Å². The van der Waals surface area contributed by atoms with Gasteiger partial charge in [-0.05, 0) is 48.9 Å². The summed E-state index contributed by atoms with van der Waals surface area (Å²) in [5.41, 5.74) is 0.914. The van der Waals surface area contributed by atoms with Gasteiger partial charge in [-0.1, -0.05) is 54.6 Å². The van der Waals surface area contributed by atoms with Crippen molar-refractivity contribution in [3.05, 3.63) is 120 Å². The quantitative estimate of drug-likeness (QED) is 0.318. The van der Waals surface area contributed by atoms with E-state index in [0.29, 0.717) is 17.0 Å². The van der Waals surface area contributed by atoms with Gasteiger partial charge in [-0.3, -0.25) is 14.5 Å². The van der Waals surface area contributed by atoms with E-state index < -0.39 is 40.2 Å². The highest BCUT2D eigenvalue weighted by molar-refractivity contribution is 7.89. The van der Waals surface area contributed by atoms with Crippen LogP contribution in [-0.4, -0.2) is 26.8 Å². The molecule has 0 unspecified atom stereocenters. The highest BCUT2D eigenvalue weighted by Crippen LogP contribution is 2.32. The third kappa shape index (κ3) is 6.16. The number of hydrogen-bond donors (Lipinski definition) is 2. The average Bonchev–Trinajstić information content (AvgIpc) is 3.45. The average molecular weight is 536 g/mol. The van der Waals surface area contributed by atoms with E-state index >= 15 is 4.39 Å². The topological polar surface area (TPSA) is 109 Å². The van der Waals surface area contributed by atoms with Gasteiger partial charge in [-0.25, -0.2) is 17.5 Å². The Morgan fingerprint density at radius 3 is 2.29 bits per heavy atom. The van der Waals surface area contributed by atoms with Crippen molar-refractivity contribution in [3.63, 3.8) is 0 Å². The largest absolute Gasteiger partial charge is 0.467 e. The maximum atomic E-state index is 15.1. The zero-order valence-electron chi connectivity index (χ0n) is 20.5. The monoisotopic (exact) mass is 535 g/mol. The van der Waals surface area contributed by atoms with Gasteiger partial charge in [0.25, 0.3) is 0 Å². The molecule has 0 saturated carbocycles. The van der Waals surface area contributed by atoms with Crippen molar-refractivity contribution in [1.29, 1.82) is 0 Å². The number of nitrogens with one attached hydrogen (secondary N) is 2. The number of halogens is 1. The van der Waals surface area contributed by atoms with Crippen LogP contribution in [0.15, 0.2) is 107 Å². The van der Waals surface area contributed by atoms with Crippen LogP contribution in [0.4, 0.5) is 10.1 Å². The molecule has 0 aliphatic heterocycles. The van der Waals surface area contributed by atoms with Crippen LogP contribution in [0.2, 0.25) is 0 Å². The molecule has 1 heterocycles. The van der Waals surface area contributed by atoms with Gasteiger partial charge in [-0.2, -0.15) is 0 Å². The summed E-state index contributed by atoms with van der Waals surface area (Å²) in [5.74, 6) is -1.65. The van der Waals surface area contributed by atoms with E-state index in [4.69, 9.17) is 4.42 Å². The summed E-state index contributed by atoms with van der Waals surface area (Å²) >= 11 is 0. The van der Waals surface area contributed by atoms with Crippen LogP contribution in [0, 0.1) is 12.7 Å². The van der Waals surface area contributed by atoms with Crippen LogP contribution < -0.4 is 14.9 Å². The molecule has 8 nitrogen and oxygen atoms in total. The fourth-order valence-electron chi connectivity index (χ4n) is 3.95. The number of furan rings is 1. The van der Waals surface area contributed by atoms with Gasteiger partial charge in [0.1, 0.15) is 17.6 Å². The molecule has 0 bridgehead atoms. The van der Waals surface area contributed by atoms with Gasteiger partial charge in [0.2, 0.25) is 21.8 Å². The zero-order valence-corrected chi connectivity index (χ0v) is 21.3. The summed E-state index contributed by atoms with van der Waals surface area (Å²) in [6.45, 7) is 1.08. The van der Waals surface area contributed by atoms with Crippen molar-refractivity contribution in [1.82, 2.24) is 10.0 Å². The summed E-state index contributed by atoms with van der Waals surface area (Å²) < 4.78 is 48.3. The lowest BCUT2D eigenvalue weighted by atomic mass is 10.0. The van der Waals surface area contributed by atoms with Crippen LogP contribution in [0.5, 0.6) is 0 Å². The maximum Gasteiger partial charge on any atom is 0.248 e. The Balaban J connectivity index is 1.72. The molecular formula is C28H26FN3O5S. The molecule has 0 aliphatic rings. The minimum Gasteiger partial charge on any atom is -0.467 e. The standard InChI is InChI=1S/C28H26FN3O5S/c1-20-10-5-8-16-25(20)32(26(33)19-31-38(35,36)22-12-3-2-4-13-22)27(23-14-6-7-15-24(23)29)28(34)30-18-21-11-9-17-37-21/h2-17,27,31H,18-19H2,1H3,(H,30,34)/t27-/m1/s1. The minimum absolute atomic E-state index is 0.00717. The molecule has 2 amide bonds. The first kappa shape index (κ1) is 26.8. The number of carbonyl (C=O) groups is 2. The molecule has 0 saturated heterocycles. The van der Waals surface area contributed by atoms with Gasteiger partial charge >= 0.3 is 0 Å². The summed E-state index contributed by atoms with van der Waals surface area (Å²) in [7, 11) is -4.02. The number of anilines is 1. The number of amides is 2. The molecule has 4 rings (SSSR count). The number of para-hydroxylation sites is 1. The van der Waals surface area contributed by atoms with Crippen molar-refractivity contribution in [2.75, 3.05) is 11.4 Å². The molecule has 196 valence electrons. The lowest BCUT2D eigenvalue weighted by Crippen LogP contribution is -2.48. The van der Waals surface area contributed by atoms with Crippen molar-refractivity contribution in [3.8, 4) is 0 Å². The predicted molar refractivity (Wildman–Crippen MR) is 140 cm³/mol. The fraction of sp³-hybridized carbons (Fsp3) is 0.143. The van der Waals surface area contributed by atoms with Crippen molar-refractivity contribution in [2.24, 2.45) is 0 Å². The smallest absolute Gasteiger partial charge is 0.248 e. The molecule has 3 aromatic carbocycles. The Labute approximate surface area is 220 Å². The van der Waals surface area contributed by atoms with Crippen LogP contribution in [0.25, 0.3) is 0 Å². The highest BCUT2D eigenvalue weighted by Gasteiger charge is 2.35. The fourth-order valence-corrected chi connectivity index (χ4v) is 4.95. The Hall–Kier alpha value is -4.28. The summed E-state index contributed by atoms with van der Waals surface area (Å²) in [6.07, 6.45) is 1.46. The van der Waals surface area contributed by atoms with E-state index in [1.165, 1.54) is 36.6 Å². The molecule has 4 aromatic rings. The normalized spacial score (nSPS) is 12.1. The number of benzene rings is 3. The molecule has 2 N–H and O–H groups in total. The van der Waals surface area contributed by atoms with E-state index in [0.717, 1.165) is 4.90 Å². The van der Waals surface area contributed by atoms with Crippen molar-refractivity contribution >= 4 is 27.5 Å². The molecule has 0 aliphatic carbocycles. The van der Waals surface area contributed by atoms with Crippen molar-refractivity contribution < 1.29 is 26.8 Å². The molecular weight excluding hydrogens is 509 g/mol. The molecule has 1 atom stereocenters. The number of aryl methyl sites for hydroxylation is 1. The third-order valence-corrected chi connectivity index (χ3v) is 7.25. The lowest BCUT2D eigenvalue weighted by molar-refractivity contribution is -0.126. The number of rotatable bonds is 10. The van der Waals surface area contributed by atoms with E-state index in [1.54, 1.807) is 67.6 Å². The number of sulfonamides is 1. The second-order valence-electron chi connectivity index (χ2n) is 8.41. The van der Waals surface area contributed by atoms with Gasteiger partial charge in [-0.15, -0.1) is 0 Å². The van der Waals surface area contributed by atoms with Crippen LogP contribution in [0.3, 0.4) is 0 Å². The Morgan fingerprint density at radius 2 is 1.61 bits per heavy atom. The van der Waals surface area contributed by atoms with E-state index in [2.05, 4.69) is 10.0 Å². The van der Waals surface area contributed by atoms with Crippen LogP contribution in [0.1, 0.15) is 22.9 Å². The Kier molecular flexibility index (Phi) is 8.35. The van der Waals surface area contributed by atoms with Crippen LogP contribution in [-0.2, 0) is 26.2 Å². The molecule has 38 heavy (non-hydrogen) atoms. The zero-order chi connectivity index (χ0) is 27.1. The SMILES string of the molecule is Cc1ccccc1N(C(=O)CNS(=O)(=O)c1ccccc1)[C@@H](C(=O)NCc1ccco1)c1ccccc1F. The molecule has 0 radical (unpaired) electrons. The van der Waals surface area contributed by atoms with Crippen molar-refractivity contribution in [2.45, 2.75) is 24.4 Å². The first-order valence-electron chi connectivity index (χ1n) is 11.7.